The van der Waals surface area contributed by atoms with E-state index in [9.17, 15) is 18.0 Å². The average Bonchev–Trinajstić information content (AvgIpc) is 2.94. The fourth-order valence-corrected chi connectivity index (χ4v) is 5.57. The van der Waals surface area contributed by atoms with E-state index in [0.717, 1.165) is 28.7 Å². The summed E-state index contributed by atoms with van der Waals surface area (Å²) in [6.07, 6.45) is 2.74. The highest BCUT2D eigenvalue weighted by molar-refractivity contribution is 7.92. The Kier molecular flexibility index (Phi) is 11.5. The van der Waals surface area contributed by atoms with E-state index in [1.807, 2.05) is 94.4 Å². The molecule has 0 unspecified atom stereocenters. The second kappa shape index (κ2) is 14.8. The van der Waals surface area contributed by atoms with Crippen molar-refractivity contribution in [1.82, 2.24) is 10.2 Å². The summed E-state index contributed by atoms with van der Waals surface area (Å²) in [6.45, 7) is 8.35. The molecule has 0 bridgehead atoms. The number of hydrogen-bond donors (Lipinski definition) is 1. The molecular weight excluding hydrogens is 534 g/mol. The molecule has 2 atom stereocenters. The maximum Gasteiger partial charge on any atom is 0.243 e. The van der Waals surface area contributed by atoms with Crippen LogP contribution in [0.2, 0.25) is 0 Å². The van der Waals surface area contributed by atoms with E-state index in [4.69, 9.17) is 0 Å². The van der Waals surface area contributed by atoms with Gasteiger partial charge in [-0.05, 0) is 56.9 Å². The monoisotopic (exact) mass is 577 g/mol. The largest absolute Gasteiger partial charge is 0.352 e. The lowest BCUT2D eigenvalue weighted by Crippen LogP contribution is -2.52. The van der Waals surface area contributed by atoms with Crippen LogP contribution in [0.5, 0.6) is 0 Å². The molecule has 0 aromatic heterocycles. The van der Waals surface area contributed by atoms with Gasteiger partial charge in [0, 0.05) is 32.0 Å². The van der Waals surface area contributed by atoms with Crippen LogP contribution in [0, 0.1) is 13.8 Å². The number of benzene rings is 3. The smallest absolute Gasteiger partial charge is 0.243 e. The van der Waals surface area contributed by atoms with E-state index in [0.29, 0.717) is 18.5 Å². The predicted octanol–water partition coefficient (Wildman–Crippen LogP) is 5.40. The molecule has 0 saturated carbocycles. The minimum absolute atomic E-state index is 0.0325. The number of amides is 2. The Morgan fingerprint density at radius 3 is 2.00 bits per heavy atom. The normalized spacial score (nSPS) is 12.8. The van der Waals surface area contributed by atoms with Crippen molar-refractivity contribution in [2.24, 2.45) is 0 Å². The van der Waals surface area contributed by atoms with Crippen LogP contribution < -0.4 is 9.62 Å². The molecule has 3 aromatic rings. The molecule has 220 valence electrons. The summed E-state index contributed by atoms with van der Waals surface area (Å²) in [7, 11) is -3.54. The van der Waals surface area contributed by atoms with E-state index < -0.39 is 16.1 Å². The molecule has 0 fully saturated rings. The van der Waals surface area contributed by atoms with Gasteiger partial charge in [0.1, 0.15) is 6.04 Å². The fourth-order valence-electron chi connectivity index (χ4n) is 4.60. The lowest BCUT2D eigenvalue weighted by atomic mass is 10.0. The summed E-state index contributed by atoms with van der Waals surface area (Å²) in [5.41, 5.74) is 4.59. The van der Waals surface area contributed by atoms with Crippen molar-refractivity contribution in [1.29, 1.82) is 0 Å². The van der Waals surface area contributed by atoms with Crippen LogP contribution in [-0.2, 0) is 32.6 Å². The molecule has 41 heavy (non-hydrogen) atoms. The highest BCUT2D eigenvalue weighted by atomic mass is 32.2. The lowest BCUT2D eigenvalue weighted by molar-refractivity contribution is -0.141. The number of anilines is 1. The minimum atomic E-state index is -3.54. The van der Waals surface area contributed by atoms with Gasteiger partial charge in [0.05, 0.1) is 11.9 Å². The quantitative estimate of drug-likeness (QED) is 0.278. The van der Waals surface area contributed by atoms with Gasteiger partial charge in [-0.15, -0.1) is 0 Å². The first-order chi connectivity index (χ1) is 19.5. The third kappa shape index (κ3) is 9.74. The zero-order valence-electron chi connectivity index (χ0n) is 24.8. The molecule has 0 aliphatic carbocycles. The van der Waals surface area contributed by atoms with Crippen molar-refractivity contribution in [3.05, 3.63) is 101 Å². The molecule has 0 spiro atoms. The topological polar surface area (TPSA) is 86.8 Å². The van der Waals surface area contributed by atoms with Gasteiger partial charge < -0.3 is 10.2 Å². The third-order valence-electron chi connectivity index (χ3n) is 7.22. The van der Waals surface area contributed by atoms with Gasteiger partial charge in [-0.3, -0.25) is 13.9 Å². The number of aryl methyl sites for hydroxylation is 2. The summed E-state index contributed by atoms with van der Waals surface area (Å²) in [5.74, 6) is -0.385. The number of nitrogens with one attached hydrogen (secondary N) is 1. The Morgan fingerprint density at radius 1 is 0.854 bits per heavy atom. The van der Waals surface area contributed by atoms with Gasteiger partial charge in [0.25, 0.3) is 0 Å². The van der Waals surface area contributed by atoms with Crippen LogP contribution in [0.3, 0.4) is 0 Å². The number of carbonyl (C=O) groups excluding carboxylic acids is 2. The second-order valence-electron chi connectivity index (χ2n) is 10.8. The summed E-state index contributed by atoms with van der Waals surface area (Å²) in [5, 5.41) is 3.08. The predicted molar refractivity (Wildman–Crippen MR) is 166 cm³/mol. The Labute approximate surface area is 245 Å². The molecule has 0 aliphatic rings. The van der Waals surface area contributed by atoms with E-state index in [-0.39, 0.29) is 37.4 Å². The first-order valence-corrected chi connectivity index (χ1v) is 16.1. The minimum Gasteiger partial charge on any atom is -0.352 e. The zero-order valence-corrected chi connectivity index (χ0v) is 25.7. The van der Waals surface area contributed by atoms with Crippen molar-refractivity contribution < 1.29 is 18.0 Å². The lowest BCUT2D eigenvalue weighted by Gasteiger charge is -2.32. The van der Waals surface area contributed by atoms with Crippen molar-refractivity contribution >= 4 is 27.5 Å². The zero-order chi connectivity index (χ0) is 30.0. The van der Waals surface area contributed by atoms with Crippen LogP contribution >= 0.6 is 0 Å². The van der Waals surface area contributed by atoms with E-state index in [1.54, 1.807) is 17.0 Å². The fraction of sp³-hybridized carbons (Fsp3) is 0.394. The molecule has 2 amide bonds. The van der Waals surface area contributed by atoms with Gasteiger partial charge in [-0.2, -0.15) is 0 Å². The molecule has 0 saturated heterocycles. The van der Waals surface area contributed by atoms with E-state index in [2.05, 4.69) is 5.32 Å². The summed E-state index contributed by atoms with van der Waals surface area (Å²) in [6, 6.07) is 24.2. The van der Waals surface area contributed by atoms with Crippen LogP contribution in [0.1, 0.15) is 55.4 Å². The molecule has 0 aliphatic heterocycles. The Morgan fingerprint density at radius 2 is 1.44 bits per heavy atom. The number of rotatable bonds is 14. The summed E-state index contributed by atoms with van der Waals surface area (Å²) in [4.78, 5) is 29.2. The Bertz CT molecular complexity index is 1370. The van der Waals surface area contributed by atoms with Crippen molar-refractivity contribution in [2.45, 2.75) is 72.0 Å². The van der Waals surface area contributed by atoms with Gasteiger partial charge >= 0.3 is 0 Å². The Hall–Kier alpha value is -3.65. The highest BCUT2D eigenvalue weighted by Gasteiger charge is 2.31. The Balaban J connectivity index is 1.88. The molecule has 8 heteroatoms. The number of carbonyl (C=O) groups is 2. The van der Waals surface area contributed by atoms with Crippen LogP contribution in [0.4, 0.5) is 5.69 Å². The molecule has 0 radical (unpaired) electrons. The van der Waals surface area contributed by atoms with E-state index in [1.165, 1.54) is 10.6 Å². The molecular formula is C33H43N3O4S. The van der Waals surface area contributed by atoms with E-state index >= 15 is 0 Å². The van der Waals surface area contributed by atoms with Gasteiger partial charge in [-0.1, -0.05) is 84.8 Å². The SMILES string of the molecule is CC[C@H](C)NC(=O)[C@H](Cc1ccccc1)N(Cc1ccc(C)cc1)C(=O)CCCN(c1ccc(C)cc1)S(C)(=O)=O. The number of hydrogen-bond acceptors (Lipinski definition) is 4. The molecule has 0 heterocycles. The maximum absolute atomic E-state index is 13.9. The van der Waals surface area contributed by atoms with Gasteiger partial charge in [-0.25, -0.2) is 8.42 Å². The van der Waals surface area contributed by atoms with Crippen LogP contribution in [-0.4, -0.2) is 50.0 Å². The van der Waals surface area contributed by atoms with Crippen molar-refractivity contribution in [3.8, 4) is 0 Å². The summed E-state index contributed by atoms with van der Waals surface area (Å²) >= 11 is 0. The first-order valence-electron chi connectivity index (χ1n) is 14.2. The molecule has 3 rings (SSSR count). The van der Waals surface area contributed by atoms with Gasteiger partial charge in [0.2, 0.25) is 21.8 Å². The van der Waals surface area contributed by atoms with Crippen LogP contribution in [0.25, 0.3) is 0 Å². The number of nitrogens with zero attached hydrogens (tertiary/aromatic N) is 2. The highest BCUT2D eigenvalue weighted by Crippen LogP contribution is 2.21. The second-order valence-corrected chi connectivity index (χ2v) is 12.7. The van der Waals surface area contributed by atoms with Crippen LogP contribution in [0.15, 0.2) is 78.9 Å². The average molecular weight is 578 g/mol. The third-order valence-corrected chi connectivity index (χ3v) is 8.41. The molecule has 7 nitrogen and oxygen atoms in total. The maximum atomic E-state index is 13.9. The first kappa shape index (κ1) is 31.9. The molecule has 3 aromatic carbocycles. The number of sulfonamides is 1. The van der Waals surface area contributed by atoms with Crippen molar-refractivity contribution in [2.75, 3.05) is 17.1 Å². The molecule has 1 N–H and O–H groups in total. The van der Waals surface area contributed by atoms with Gasteiger partial charge in [0.15, 0.2) is 0 Å². The standard InChI is InChI=1S/C33H43N3O4S/c1-6-27(4)34-33(38)31(23-28-11-8-7-9-12-28)35(24-29-18-14-25(2)15-19-29)32(37)13-10-22-36(41(5,39)40)30-20-16-26(3)17-21-30/h7-9,11-12,14-21,27,31H,6,10,13,22-24H2,1-5H3,(H,34,38)/t27-,31-/m0/s1. The van der Waals surface area contributed by atoms with Crippen molar-refractivity contribution in [3.63, 3.8) is 0 Å². The summed E-state index contributed by atoms with van der Waals surface area (Å²) < 4.78 is 26.5.